The molecular formula is C21H20F2N2O2. The second-order valence-electron chi connectivity index (χ2n) is 7.41. The molecule has 2 aromatic carbocycles. The van der Waals surface area contributed by atoms with Gasteiger partial charge in [0.2, 0.25) is 5.88 Å². The van der Waals surface area contributed by atoms with Crippen LogP contribution in [0.4, 0.5) is 8.78 Å². The van der Waals surface area contributed by atoms with Gasteiger partial charge in [-0.2, -0.15) is 4.98 Å². The Morgan fingerprint density at radius 1 is 1.04 bits per heavy atom. The Morgan fingerprint density at radius 3 is 2.19 bits per heavy atom. The zero-order valence-electron chi connectivity index (χ0n) is 15.3. The van der Waals surface area contributed by atoms with Crippen LogP contribution < -0.4 is 5.56 Å². The van der Waals surface area contributed by atoms with E-state index in [0.29, 0.717) is 0 Å². The van der Waals surface area contributed by atoms with Crippen molar-refractivity contribution in [2.24, 2.45) is 0 Å². The number of hydrogen-bond donors (Lipinski definition) is 1. The third-order valence-corrected chi connectivity index (χ3v) is 4.34. The van der Waals surface area contributed by atoms with Gasteiger partial charge in [0.15, 0.2) is 5.82 Å². The molecule has 0 bridgehead atoms. The van der Waals surface area contributed by atoms with E-state index in [1.54, 1.807) is 0 Å². The van der Waals surface area contributed by atoms with Crippen LogP contribution in [-0.2, 0) is 12.0 Å². The van der Waals surface area contributed by atoms with Crippen molar-refractivity contribution in [1.82, 2.24) is 9.55 Å². The quantitative estimate of drug-likeness (QED) is 0.750. The lowest BCUT2D eigenvalue weighted by molar-refractivity contribution is 0.447. The maximum atomic E-state index is 14.2. The minimum absolute atomic E-state index is 0.0169. The van der Waals surface area contributed by atoms with Crippen LogP contribution in [0.2, 0.25) is 0 Å². The second kappa shape index (κ2) is 6.95. The van der Waals surface area contributed by atoms with Gasteiger partial charge in [-0.15, -0.1) is 0 Å². The molecule has 0 aliphatic heterocycles. The van der Waals surface area contributed by atoms with Gasteiger partial charge in [0.05, 0.1) is 18.2 Å². The average molecular weight is 370 g/mol. The number of aromatic hydroxyl groups is 1. The van der Waals surface area contributed by atoms with Crippen LogP contribution in [0.1, 0.15) is 31.9 Å². The number of nitrogens with zero attached hydrogens (tertiary/aromatic N) is 2. The molecule has 0 unspecified atom stereocenters. The number of benzene rings is 2. The molecule has 140 valence electrons. The summed E-state index contributed by atoms with van der Waals surface area (Å²) in [5, 5.41) is 9.68. The van der Waals surface area contributed by atoms with Crippen LogP contribution >= 0.6 is 0 Å². The van der Waals surface area contributed by atoms with E-state index in [4.69, 9.17) is 0 Å². The molecule has 6 heteroatoms. The lowest BCUT2D eigenvalue weighted by atomic mass is 9.87. The summed E-state index contributed by atoms with van der Waals surface area (Å²) in [5.41, 5.74) is 0.840. The van der Waals surface area contributed by atoms with E-state index in [0.717, 1.165) is 33.9 Å². The van der Waals surface area contributed by atoms with E-state index in [-0.39, 0.29) is 17.8 Å². The lowest BCUT2D eigenvalue weighted by Crippen LogP contribution is -2.23. The topological polar surface area (TPSA) is 55.1 Å². The molecule has 27 heavy (non-hydrogen) atoms. The predicted octanol–water partition coefficient (Wildman–Crippen LogP) is 4.24. The van der Waals surface area contributed by atoms with Crippen molar-refractivity contribution in [3.63, 3.8) is 0 Å². The monoisotopic (exact) mass is 370 g/mol. The minimum Gasteiger partial charge on any atom is -0.493 e. The van der Waals surface area contributed by atoms with Crippen molar-refractivity contribution in [2.45, 2.75) is 32.7 Å². The maximum absolute atomic E-state index is 14.2. The summed E-state index contributed by atoms with van der Waals surface area (Å²) < 4.78 is 29.6. The van der Waals surface area contributed by atoms with Gasteiger partial charge in [-0.25, -0.2) is 8.78 Å². The Balaban J connectivity index is 2.10. The molecule has 4 nitrogen and oxygen atoms in total. The highest BCUT2D eigenvalue weighted by Gasteiger charge is 2.19. The van der Waals surface area contributed by atoms with Crippen molar-refractivity contribution >= 4 is 0 Å². The van der Waals surface area contributed by atoms with E-state index in [1.807, 2.05) is 24.3 Å². The zero-order chi connectivity index (χ0) is 19.8. The van der Waals surface area contributed by atoms with E-state index in [9.17, 15) is 18.7 Å². The SMILES string of the molecule is CC(C)(C)c1ccc(Cn2c(-c3c(F)cccc3F)nc(O)cc2=O)cc1. The normalized spacial score (nSPS) is 11.6. The predicted molar refractivity (Wildman–Crippen MR) is 99.8 cm³/mol. The van der Waals surface area contributed by atoms with Crippen molar-refractivity contribution < 1.29 is 13.9 Å². The zero-order valence-corrected chi connectivity index (χ0v) is 15.3. The van der Waals surface area contributed by atoms with Crippen LogP contribution in [0, 0.1) is 11.6 Å². The number of hydrogen-bond acceptors (Lipinski definition) is 3. The molecule has 0 saturated heterocycles. The standard InChI is InChI=1S/C21H20F2N2O2/c1-21(2,3)14-9-7-13(8-10-14)12-25-18(27)11-17(26)24-20(25)19-15(22)5-4-6-16(19)23/h4-11,26H,12H2,1-3H3. The van der Waals surface area contributed by atoms with E-state index in [2.05, 4.69) is 25.8 Å². The fourth-order valence-electron chi connectivity index (χ4n) is 2.84. The summed E-state index contributed by atoms with van der Waals surface area (Å²) >= 11 is 0. The van der Waals surface area contributed by atoms with Crippen LogP contribution in [0.15, 0.2) is 53.3 Å². The highest BCUT2D eigenvalue weighted by atomic mass is 19.1. The summed E-state index contributed by atoms with van der Waals surface area (Å²) in [6.45, 7) is 6.35. The van der Waals surface area contributed by atoms with Crippen molar-refractivity contribution in [3.8, 4) is 17.3 Å². The minimum atomic E-state index is -0.857. The first-order chi connectivity index (χ1) is 12.7. The van der Waals surface area contributed by atoms with E-state index in [1.165, 1.54) is 6.07 Å². The van der Waals surface area contributed by atoms with Crippen molar-refractivity contribution in [2.75, 3.05) is 0 Å². The molecular weight excluding hydrogens is 350 g/mol. The molecule has 1 N–H and O–H groups in total. The van der Waals surface area contributed by atoms with Crippen LogP contribution in [0.5, 0.6) is 5.88 Å². The molecule has 0 amide bonds. The molecule has 0 spiro atoms. The second-order valence-corrected chi connectivity index (χ2v) is 7.41. The first kappa shape index (κ1) is 18.8. The van der Waals surface area contributed by atoms with Crippen molar-refractivity contribution in [1.29, 1.82) is 0 Å². The molecule has 0 atom stereocenters. The molecule has 1 heterocycles. The average Bonchev–Trinajstić information content (AvgIpc) is 2.57. The molecule has 0 radical (unpaired) electrons. The van der Waals surface area contributed by atoms with Gasteiger partial charge in [-0.1, -0.05) is 51.1 Å². The van der Waals surface area contributed by atoms with Crippen LogP contribution in [0.25, 0.3) is 11.4 Å². The van der Waals surface area contributed by atoms with Gasteiger partial charge in [0.1, 0.15) is 11.6 Å². The Labute approximate surface area is 155 Å². The molecule has 0 saturated carbocycles. The van der Waals surface area contributed by atoms with Gasteiger partial charge in [-0.3, -0.25) is 9.36 Å². The summed E-state index contributed by atoms with van der Waals surface area (Å²) in [7, 11) is 0. The van der Waals surface area contributed by atoms with Gasteiger partial charge in [-0.05, 0) is 28.7 Å². The number of halogens is 2. The summed E-state index contributed by atoms with van der Waals surface area (Å²) in [4.78, 5) is 16.2. The van der Waals surface area contributed by atoms with Crippen LogP contribution in [-0.4, -0.2) is 14.7 Å². The largest absolute Gasteiger partial charge is 0.493 e. The molecule has 3 rings (SSSR count). The third-order valence-electron chi connectivity index (χ3n) is 4.34. The van der Waals surface area contributed by atoms with Gasteiger partial charge in [0.25, 0.3) is 5.56 Å². The highest BCUT2D eigenvalue weighted by molar-refractivity contribution is 5.58. The Hall–Kier alpha value is -3.02. The molecule has 0 aliphatic rings. The van der Waals surface area contributed by atoms with E-state index < -0.39 is 28.6 Å². The van der Waals surface area contributed by atoms with Gasteiger partial charge in [0, 0.05) is 0 Å². The first-order valence-corrected chi connectivity index (χ1v) is 8.51. The molecule has 0 fully saturated rings. The fourth-order valence-corrected chi connectivity index (χ4v) is 2.84. The lowest BCUT2D eigenvalue weighted by Gasteiger charge is -2.19. The Bertz CT molecular complexity index is 1020. The Morgan fingerprint density at radius 2 is 1.63 bits per heavy atom. The van der Waals surface area contributed by atoms with Gasteiger partial charge < -0.3 is 5.11 Å². The van der Waals surface area contributed by atoms with Crippen molar-refractivity contribution in [3.05, 3.63) is 81.6 Å². The Kier molecular flexibility index (Phi) is 4.83. The summed E-state index contributed by atoms with van der Waals surface area (Å²) in [6.07, 6.45) is 0. The summed E-state index contributed by atoms with van der Waals surface area (Å²) in [6, 6.07) is 11.9. The van der Waals surface area contributed by atoms with Gasteiger partial charge >= 0.3 is 0 Å². The number of rotatable bonds is 3. The molecule has 1 aromatic heterocycles. The first-order valence-electron chi connectivity index (χ1n) is 8.51. The maximum Gasteiger partial charge on any atom is 0.257 e. The highest BCUT2D eigenvalue weighted by Crippen LogP contribution is 2.26. The van der Waals surface area contributed by atoms with E-state index >= 15 is 0 Å². The van der Waals surface area contributed by atoms with Crippen LogP contribution in [0.3, 0.4) is 0 Å². The molecule has 0 aliphatic carbocycles. The summed E-state index contributed by atoms with van der Waals surface area (Å²) in [5.74, 6) is -2.55. The molecule has 3 aromatic rings. The fraction of sp³-hybridized carbons (Fsp3) is 0.238. The number of aromatic nitrogens is 2. The third kappa shape index (κ3) is 3.89. The smallest absolute Gasteiger partial charge is 0.257 e.